The first kappa shape index (κ1) is 29.5. The van der Waals surface area contributed by atoms with Crippen LogP contribution in [0.1, 0.15) is 18.1 Å². The highest BCUT2D eigenvalue weighted by molar-refractivity contribution is 7.89. The second-order valence-electron chi connectivity index (χ2n) is 10.3. The molecule has 0 saturated carbocycles. The predicted molar refractivity (Wildman–Crippen MR) is 159 cm³/mol. The number of ether oxygens (including phenoxy) is 4. The number of para-hydroxylation sites is 1. The van der Waals surface area contributed by atoms with Crippen LogP contribution in [0.25, 0.3) is 0 Å². The van der Waals surface area contributed by atoms with Gasteiger partial charge in [0.15, 0.2) is 17.6 Å². The molecule has 0 radical (unpaired) electrons. The van der Waals surface area contributed by atoms with Gasteiger partial charge in [0.2, 0.25) is 10.0 Å². The highest BCUT2D eigenvalue weighted by Crippen LogP contribution is 2.36. The molecule has 1 fully saturated rings. The molecule has 1 atom stereocenters. The Bertz CT molecular complexity index is 1520. The summed E-state index contributed by atoms with van der Waals surface area (Å²) in [5.41, 5.74) is 2.62. The van der Waals surface area contributed by atoms with Crippen molar-refractivity contribution in [3.8, 4) is 23.0 Å². The zero-order valence-corrected chi connectivity index (χ0v) is 25.2. The maximum atomic E-state index is 13.8. The molecule has 3 aromatic rings. The summed E-state index contributed by atoms with van der Waals surface area (Å²) in [5, 5.41) is 0. The molecule has 11 heteroatoms. The average molecular weight is 596 g/mol. The van der Waals surface area contributed by atoms with E-state index in [1.54, 1.807) is 51.4 Å². The van der Waals surface area contributed by atoms with E-state index in [1.165, 1.54) is 4.31 Å². The molecule has 2 heterocycles. The number of fused-ring (bicyclic) bond motifs is 1. The number of carbonyl (C=O) groups is 1. The molecule has 0 unspecified atom stereocenters. The van der Waals surface area contributed by atoms with Gasteiger partial charge in [-0.1, -0.05) is 18.2 Å². The van der Waals surface area contributed by atoms with Gasteiger partial charge in [0.05, 0.1) is 31.9 Å². The number of benzene rings is 3. The molecule has 0 bridgehead atoms. The van der Waals surface area contributed by atoms with Gasteiger partial charge in [0.25, 0.3) is 5.91 Å². The van der Waals surface area contributed by atoms with Crippen LogP contribution >= 0.6 is 0 Å². The van der Waals surface area contributed by atoms with Crippen LogP contribution in [0, 0.1) is 0 Å². The van der Waals surface area contributed by atoms with Crippen molar-refractivity contribution in [3.63, 3.8) is 0 Å². The summed E-state index contributed by atoms with van der Waals surface area (Å²) in [5.74, 6) is 2.35. The Balaban J connectivity index is 1.29. The highest BCUT2D eigenvalue weighted by atomic mass is 32.2. The first-order valence-corrected chi connectivity index (χ1v) is 15.4. The van der Waals surface area contributed by atoms with Crippen molar-refractivity contribution in [2.24, 2.45) is 0 Å². The minimum absolute atomic E-state index is 0.0820. The van der Waals surface area contributed by atoms with Gasteiger partial charge in [0.1, 0.15) is 11.5 Å². The van der Waals surface area contributed by atoms with Gasteiger partial charge in [-0.05, 0) is 66.9 Å². The number of methoxy groups -OCH3 is 3. The lowest BCUT2D eigenvalue weighted by molar-refractivity contribution is -0.138. The monoisotopic (exact) mass is 595 g/mol. The SMILES string of the molecule is COc1cc2c(cc1OC)CN(S(=O)(=O)c1ccc(OC)c(N3CCN(C(=O)[C@@H](C)Oc4ccccc4)CC3)c1)CC2. The molecule has 1 saturated heterocycles. The van der Waals surface area contributed by atoms with Gasteiger partial charge >= 0.3 is 0 Å². The molecule has 1 amide bonds. The number of nitrogens with zero attached hydrogens (tertiary/aromatic N) is 3. The van der Waals surface area contributed by atoms with Gasteiger partial charge in [0, 0.05) is 39.3 Å². The van der Waals surface area contributed by atoms with E-state index in [0.717, 1.165) is 11.1 Å². The smallest absolute Gasteiger partial charge is 0.263 e. The van der Waals surface area contributed by atoms with Crippen molar-refractivity contribution in [1.82, 2.24) is 9.21 Å². The van der Waals surface area contributed by atoms with E-state index in [0.29, 0.717) is 67.8 Å². The zero-order chi connectivity index (χ0) is 29.9. The molecular weight excluding hydrogens is 558 g/mol. The average Bonchev–Trinajstić information content (AvgIpc) is 3.03. The molecule has 10 nitrogen and oxygen atoms in total. The summed E-state index contributed by atoms with van der Waals surface area (Å²) in [6, 6.07) is 18.0. The topological polar surface area (TPSA) is 97.9 Å². The summed E-state index contributed by atoms with van der Waals surface area (Å²) >= 11 is 0. The molecule has 3 aromatic carbocycles. The second kappa shape index (κ2) is 12.5. The first-order chi connectivity index (χ1) is 20.2. The van der Waals surface area contributed by atoms with E-state index in [4.69, 9.17) is 18.9 Å². The fourth-order valence-corrected chi connectivity index (χ4v) is 6.91. The third kappa shape index (κ3) is 5.98. The molecule has 5 rings (SSSR count). The van der Waals surface area contributed by atoms with E-state index in [-0.39, 0.29) is 17.3 Å². The van der Waals surface area contributed by atoms with Gasteiger partial charge in [-0.25, -0.2) is 8.42 Å². The molecule has 2 aliphatic heterocycles. The fourth-order valence-electron chi connectivity index (χ4n) is 5.47. The lowest BCUT2D eigenvalue weighted by atomic mass is 10.0. The van der Waals surface area contributed by atoms with Crippen LogP contribution in [0.2, 0.25) is 0 Å². The maximum Gasteiger partial charge on any atom is 0.263 e. The number of carbonyl (C=O) groups excluding carboxylic acids is 1. The number of amides is 1. The second-order valence-corrected chi connectivity index (χ2v) is 12.2. The van der Waals surface area contributed by atoms with Crippen molar-refractivity contribution >= 4 is 21.6 Å². The zero-order valence-electron chi connectivity index (χ0n) is 24.4. The van der Waals surface area contributed by atoms with Crippen molar-refractivity contribution < 1.29 is 32.2 Å². The first-order valence-electron chi connectivity index (χ1n) is 13.9. The predicted octanol–water partition coefficient (Wildman–Crippen LogP) is 3.58. The number of hydrogen-bond acceptors (Lipinski definition) is 8. The van der Waals surface area contributed by atoms with Gasteiger partial charge in [-0.2, -0.15) is 4.31 Å². The Kier molecular flexibility index (Phi) is 8.79. The van der Waals surface area contributed by atoms with E-state index in [2.05, 4.69) is 4.90 Å². The Morgan fingerprint density at radius 1 is 0.786 bits per heavy atom. The van der Waals surface area contributed by atoms with Crippen LogP contribution in [0.4, 0.5) is 5.69 Å². The molecular formula is C31H37N3O7S. The molecule has 0 N–H and O–H groups in total. The third-order valence-electron chi connectivity index (χ3n) is 7.81. The highest BCUT2D eigenvalue weighted by Gasteiger charge is 2.32. The van der Waals surface area contributed by atoms with Crippen LogP contribution in [0.5, 0.6) is 23.0 Å². The van der Waals surface area contributed by atoms with E-state index >= 15 is 0 Å². The Morgan fingerprint density at radius 3 is 2.07 bits per heavy atom. The molecule has 2 aliphatic rings. The number of sulfonamides is 1. The minimum atomic E-state index is -3.79. The van der Waals surface area contributed by atoms with Crippen molar-refractivity contribution in [3.05, 3.63) is 71.8 Å². The van der Waals surface area contributed by atoms with Gasteiger partial charge < -0.3 is 28.7 Å². The summed E-state index contributed by atoms with van der Waals surface area (Å²) in [7, 11) is 0.927. The van der Waals surface area contributed by atoms with Crippen molar-refractivity contribution in [2.75, 3.05) is 59.0 Å². The standard InChI is InChI=1S/C31H37N3O7S/c1-22(41-25-8-6-5-7-9-25)31(35)33-16-14-32(15-17-33)27-20-26(10-11-28(27)38-2)42(36,37)34-13-12-23-18-29(39-3)30(40-4)19-24(23)21-34/h5-11,18-20,22H,12-17,21H2,1-4H3/t22-/m1/s1. The molecule has 0 aliphatic carbocycles. The molecule has 0 spiro atoms. The van der Waals surface area contributed by atoms with Crippen molar-refractivity contribution in [1.29, 1.82) is 0 Å². The van der Waals surface area contributed by atoms with Crippen LogP contribution in [-0.4, -0.2) is 83.7 Å². The largest absolute Gasteiger partial charge is 0.495 e. The summed E-state index contributed by atoms with van der Waals surface area (Å²) in [6.45, 7) is 4.38. The summed E-state index contributed by atoms with van der Waals surface area (Å²) in [6.07, 6.45) is -0.0435. The number of piperazine rings is 1. The molecule has 0 aromatic heterocycles. The van der Waals surface area contributed by atoms with Gasteiger partial charge in [-0.3, -0.25) is 4.79 Å². The lowest BCUT2D eigenvalue weighted by Crippen LogP contribution is -2.52. The quantitative estimate of drug-likeness (QED) is 0.371. The Labute approximate surface area is 247 Å². The number of rotatable bonds is 9. The number of hydrogen-bond donors (Lipinski definition) is 0. The fraction of sp³-hybridized carbons (Fsp3) is 0.387. The Hall–Kier alpha value is -3.96. The summed E-state index contributed by atoms with van der Waals surface area (Å²) < 4.78 is 51.4. The lowest BCUT2D eigenvalue weighted by Gasteiger charge is -2.37. The molecule has 224 valence electrons. The van der Waals surface area contributed by atoms with Crippen LogP contribution in [-0.2, 0) is 27.8 Å². The third-order valence-corrected chi connectivity index (χ3v) is 9.65. The van der Waals surface area contributed by atoms with Crippen LogP contribution < -0.4 is 23.8 Å². The van der Waals surface area contributed by atoms with E-state index in [1.807, 2.05) is 42.5 Å². The van der Waals surface area contributed by atoms with Crippen molar-refractivity contribution in [2.45, 2.75) is 30.9 Å². The minimum Gasteiger partial charge on any atom is -0.495 e. The maximum absolute atomic E-state index is 13.8. The van der Waals surface area contributed by atoms with Crippen LogP contribution in [0.3, 0.4) is 0 Å². The van der Waals surface area contributed by atoms with Gasteiger partial charge in [-0.15, -0.1) is 0 Å². The summed E-state index contributed by atoms with van der Waals surface area (Å²) in [4.78, 5) is 17.1. The van der Waals surface area contributed by atoms with Crippen LogP contribution in [0.15, 0.2) is 65.6 Å². The van der Waals surface area contributed by atoms with E-state index in [9.17, 15) is 13.2 Å². The Morgan fingerprint density at radius 2 is 1.43 bits per heavy atom. The van der Waals surface area contributed by atoms with E-state index < -0.39 is 16.1 Å². The number of anilines is 1. The molecule has 42 heavy (non-hydrogen) atoms. The normalized spacial score (nSPS) is 16.4.